The molecule has 2 amide bonds. The average Bonchev–Trinajstić information content (AvgIpc) is 3.10. The van der Waals surface area contributed by atoms with E-state index >= 15 is 0 Å². The Bertz CT molecular complexity index is 660. The van der Waals surface area contributed by atoms with E-state index in [0.717, 1.165) is 36.4 Å². The van der Waals surface area contributed by atoms with Crippen LogP contribution in [0.2, 0.25) is 0 Å². The molecule has 5 nitrogen and oxygen atoms in total. The number of ether oxygens (including phenoxy) is 1. The first-order valence-corrected chi connectivity index (χ1v) is 7.86. The maximum Gasteiger partial charge on any atom is 0.318 e. The Morgan fingerprint density at radius 1 is 1.35 bits per heavy atom. The number of carbonyl (C=O) groups is 1. The first kappa shape index (κ1) is 15.3. The lowest BCUT2D eigenvalue weighted by Crippen LogP contribution is -2.39. The highest BCUT2D eigenvalue weighted by Crippen LogP contribution is 2.33. The number of nitrogens with one attached hydrogen (secondary N) is 1. The molecule has 1 aliphatic heterocycles. The van der Waals surface area contributed by atoms with Crippen LogP contribution in [0.15, 0.2) is 48.7 Å². The van der Waals surface area contributed by atoms with Gasteiger partial charge in [-0.1, -0.05) is 18.2 Å². The highest BCUT2D eigenvalue weighted by Gasteiger charge is 2.30. The van der Waals surface area contributed by atoms with Gasteiger partial charge < -0.3 is 15.0 Å². The van der Waals surface area contributed by atoms with Gasteiger partial charge in [0.1, 0.15) is 5.75 Å². The number of nitrogens with zero attached hydrogens (tertiary/aromatic N) is 2. The van der Waals surface area contributed by atoms with Gasteiger partial charge in [0.25, 0.3) is 0 Å². The maximum atomic E-state index is 12.5. The van der Waals surface area contributed by atoms with Gasteiger partial charge >= 0.3 is 6.03 Å². The van der Waals surface area contributed by atoms with Crippen molar-refractivity contribution in [3.8, 4) is 5.75 Å². The summed E-state index contributed by atoms with van der Waals surface area (Å²) >= 11 is 0. The van der Waals surface area contributed by atoms with Crippen LogP contribution in [0.1, 0.15) is 30.1 Å². The first-order valence-electron chi connectivity index (χ1n) is 7.86. The summed E-state index contributed by atoms with van der Waals surface area (Å²) in [6.45, 7) is 1.22. The Balaban J connectivity index is 1.67. The Labute approximate surface area is 136 Å². The highest BCUT2D eigenvalue weighted by molar-refractivity contribution is 5.75. The molecule has 120 valence electrons. The molecule has 1 aliphatic rings. The van der Waals surface area contributed by atoms with Crippen molar-refractivity contribution in [2.45, 2.75) is 25.4 Å². The molecule has 1 N–H and O–H groups in total. The van der Waals surface area contributed by atoms with E-state index in [1.165, 1.54) is 0 Å². The lowest BCUT2D eigenvalue weighted by atomic mass is 10.0. The second-order valence-corrected chi connectivity index (χ2v) is 5.61. The van der Waals surface area contributed by atoms with Gasteiger partial charge in [0.2, 0.25) is 0 Å². The molecule has 0 aliphatic carbocycles. The van der Waals surface area contributed by atoms with E-state index in [1.807, 2.05) is 41.3 Å². The van der Waals surface area contributed by atoms with Gasteiger partial charge in [-0.15, -0.1) is 0 Å². The van der Waals surface area contributed by atoms with E-state index in [9.17, 15) is 4.79 Å². The third kappa shape index (κ3) is 3.62. The Morgan fingerprint density at radius 3 is 3.04 bits per heavy atom. The third-order valence-electron chi connectivity index (χ3n) is 4.14. The molecule has 1 fully saturated rings. The van der Waals surface area contributed by atoms with Gasteiger partial charge in [0.05, 0.1) is 25.4 Å². The fourth-order valence-corrected chi connectivity index (χ4v) is 2.98. The predicted octanol–water partition coefficient (Wildman–Crippen LogP) is 3.14. The summed E-state index contributed by atoms with van der Waals surface area (Å²) in [7, 11) is 1.66. The lowest BCUT2D eigenvalue weighted by molar-refractivity contribution is 0.192. The van der Waals surface area contributed by atoms with E-state index in [4.69, 9.17) is 4.74 Å². The van der Waals surface area contributed by atoms with E-state index < -0.39 is 0 Å². The second-order valence-electron chi connectivity index (χ2n) is 5.61. The summed E-state index contributed by atoms with van der Waals surface area (Å²) in [5.74, 6) is 0.822. The van der Waals surface area contributed by atoms with Gasteiger partial charge in [0, 0.05) is 12.7 Å². The SMILES string of the molecule is COc1cccc(C2CCCN2C(=O)NCc2ccccn2)c1. The predicted molar refractivity (Wildman–Crippen MR) is 88.1 cm³/mol. The number of rotatable bonds is 4. The lowest BCUT2D eigenvalue weighted by Gasteiger charge is -2.25. The molecule has 1 unspecified atom stereocenters. The molecule has 0 saturated carbocycles. The molecule has 3 rings (SSSR count). The molecule has 2 aromatic rings. The Kier molecular flexibility index (Phi) is 4.76. The van der Waals surface area contributed by atoms with Crippen LogP contribution in [0.3, 0.4) is 0 Å². The van der Waals surface area contributed by atoms with E-state index in [-0.39, 0.29) is 12.1 Å². The van der Waals surface area contributed by atoms with Crippen LogP contribution in [0.5, 0.6) is 5.75 Å². The van der Waals surface area contributed by atoms with Crippen LogP contribution in [0.25, 0.3) is 0 Å². The number of hydrogen-bond donors (Lipinski definition) is 1. The molecular weight excluding hydrogens is 290 g/mol. The van der Waals surface area contributed by atoms with Crippen molar-refractivity contribution in [2.24, 2.45) is 0 Å². The van der Waals surface area contributed by atoms with Crippen LogP contribution in [-0.4, -0.2) is 29.6 Å². The summed E-state index contributed by atoms with van der Waals surface area (Å²) in [6, 6.07) is 13.7. The van der Waals surface area contributed by atoms with Gasteiger partial charge in [0.15, 0.2) is 0 Å². The quantitative estimate of drug-likeness (QED) is 0.944. The summed E-state index contributed by atoms with van der Waals surface area (Å²) in [5.41, 5.74) is 1.98. The topological polar surface area (TPSA) is 54.5 Å². The zero-order valence-corrected chi connectivity index (χ0v) is 13.2. The number of likely N-dealkylation sites (tertiary alicyclic amines) is 1. The standard InChI is InChI=1S/C18H21N3O2/c1-23-16-8-4-6-14(12-16)17-9-5-11-21(17)18(22)20-13-15-7-2-3-10-19-15/h2-4,6-8,10,12,17H,5,9,11,13H2,1H3,(H,20,22). The number of benzene rings is 1. The van der Waals surface area contributed by atoms with Crippen LogP contribution in [0, 0.1) is 0 Å². The Hall–Kier alpha value is -2.56. The van der Waals surface area contributed by atoms with Crippen LogP contribution in [0.4, 0.5) is 4.79 Å². The van der Waals surface area contributed by atoms with Crippen molar-refractivity contribution < 1.29 is 9.53 Å². The number of pyridine rings is 1. The van der Waals surface area contributed by atoms with E-state index in [0.29, 0.717) is 6.54 Å². The second kappa shape index (κ2) is 7.13. The molecule has 0 radical (unpaired) electrons. The number of hydrogen-bond acceptors (Lipinski definition) is 3. The van der Waals surface area contributed by atoms with Gasteiger partial charge in [-0.05, 0) is 42.7 Å². The number of aromatic nitrogens is 1. The minimum Gasteiger partial charge on any atom is -0.497 e. The van der Waals surface area contributed by atoms with E-state index in [1.54, 1.807) is 13.3 Å². The van der Waals surface area contributed by atoms with Crippen molar-refractivity contribution in [1.29, 1.82) is 0 Å². The van der Waals surface area contributed by atoms with Crippen LogP contribution < -0.4 is 10.1 Å². The number of urea groups is 1. The maximum absolute atomic E-state index is 12.5. The summed E-state index contributed by atoms with van der Waals surface area (Å²) in [6.07, 6.45) is 3.72. The molecular formula is C18H21N3O2. The average molecular weight is 311 g/mol. The number of carbonyl (C=O) groups excluding carboxylic acids is 1. The molecule has 5 heteroatoms. The minimum absolute atomic E-state index is 0.0408. The minimum atomic E-state index is -0.0408. The van der Waals surface area contributed by atoms with Crippen molar-refractivity contribution in [1.82, 2.24) is 15.2 Å². The van der Waals surface area contributed by atoms with Gasteiger partial charge in [-0.3, -0.25) is 4.98 Å². The monoisotopic (exact) mass is 311 g/mol. The van der Waals surface area contributed by atoms with Crippen molar-refractivity contribution in [3.63, 3.8) is 0 Å². The smallest absolute Gasteiger partial charge is 0.318 e. The van der Waals surface area contributed by atoms with Crippen molar-refractivity contribution in [2.75, 3.05) is 13.7 Å². The molecule has 1 saturated heterocycles. The summed E-state index contributed by atoms with van der Waals surface area (Å²) in [4.78, 5) is 18.6. The molecule has 0 spiro atoms. The van der Waals surface area contributed by atoms with E-state index in [2.05, 4.69) is 16.4 Å². The van der Waals surface area contributed by atoms with Crippen LogP contribution >= 0.6 is 0 Å². The Morgan fingerprint density at radius 2 is 2.26 bits per heavy atom. The third-order valence-corrected chi connectivity index (χ3v) is 4.14. The zero-order valence-electron chi connectivity index (χ0n) is 13.2. The molecule has 2 heterocycles. The van der Waals surface area contributed by atoms with Gasteiger partial charge in [-0.2, -0.15) is 0 Å². The normalized spacial score (nSPS) is 17.1. The molecule has 0 bridgehead atoms. The summed E-state index contributed by atoms with van der Waals surface area (Å²) in [5, 5.41) is 2.96. The largest absolute Gasteiger partial charge is 0.497 e. The fourth-order valence-electron chi connectivity index (χ4n) is 2.98. The van der Waals surface area contributed by atoms with Crippen LogP contribution in [-0.2, 0) is 6.54 Å². The highest BCUT2D eigenvalue weighted by atomic mass is 16.5. The van der Waals surface area contributed by atoms with Gasteiger partial charge in [-0.25, -0.2) is 4.79 Å². The number of methoxy groups -OCH3 is 1. The zero-order chi connectivity index (χ0) is 16.1. The number of amides is 2. The summed E-state index contributed by atoms with van der Waals surface area (Å²) < 4.78 is 5.29. The fraction of sp³-hybridized carbons (Fsp3) is 0.333. The first-order chi connectivity index (χ1) is 11.3. The molecule has 23 heavy (non-hydrogen) atoms. The van der Waals surface area contributed by atoms with Crippen molar-refractivity contribution in [3.05, 3.63) is 59.9 Å². The molecule has 1 aromatic heterocycles. The molecule has 1 aromatic carbocycles. The van der Waals surface area contributed by atoms with Crippen molar-refractivity contribution >= 4 is 6.03 Å². The molecule has 1 atom stereocenters.